The molecule has 0 aliphatic rings. The molecule has 7 nitrogen and oxygen atoms in total. The van der Waals surface area contributed by atoms with Crippen LogP contribution in [0, 0.1) is 13.8 Å². The molecule has 0 fully saturated rings. The molecule has 1 heterocycles. The van der Waals surface area contributed by atoms with E-state index in [1.54, 1.807) is 32.2 Å². The molecule has 2 aromatic carbocycles. The number of aryl methyl sites for hydroxylation is 2. The van der Waals surface area contributed by atoms with Crippen LogP contribution in [-0.2, 0) is 9.59 Å². The second kappa shape index (κ2) is 11.3. The number of hydrogen-bond donors (Lipinski definition) is 2. The number of methoxy groups -OCH3 is 1. The van der Waals surface area contributed by atoms with Crippen molar-refractivity contribution in [3.8, 4) is 5.75 Å². The number of nitrogens with one attached hydrogen (secondary N) is 2. The van der Waals surface area contributed by atoms with Crippen LogP contribution in [0.3, 0.4) is 0 Å². The number of ether oxygens (including phenoxy) is 1. The standard InChI is InChI=1S/C25H26N4O3S/c1-16-15-17(2)27-25(26-16)33-22-12-8-20(9-13-22)29-24(31)18(3)28-23(30)14-7-19-5-10-21(32-4)11-6-19/h5-15,18H,1-4H3,(H,28,30)(H,29,31)/b14-7+. The van der Waals surface area contributed by atoms with Crippen molar-refractivity contribution in [2.24, 2.45) is 0 Å². The first-order chi connectivity index (χ1) is 15.8. The molecule has 0 aliphatic carbocycles. The molecule has 0 saturated heterocycles. The lowest BCUT2D eigenvalue weighted by Crippen LogP contribution is -2.40. The lowest BCUT2D eigenvalue weighted by atomic mass is 10.2. The second-order valence-electron chi connectivity index (χ2n) is 7.39. The van der Waals surface area contributed by atoms with Crippen LogP contribution >= 0.6 is 11.8 Å². The molecular weight excluding hydrogens is 436 g/mol. The minimum atomic E-state index is -0.698. The number of carbonyl (C=O) groups excluding carboxylic acids is 2. The first kappa shape index (κ1) is 24.0. The first-order valence-electron chi connectivity index (χ1n) is 10.4. The topological polar surface area (TPSA) is 93.2 Å². The van der Waals surface area contributed by atoms with Crippen molar-refractivity contribution in [3.63, 3.8) is 0 Å². The van der Waals surface area contributed by atoms with E-state index in [2.05, 4.69) is 20.6 Å². The summed E-state index contributed by atoms with van der Waals surface area (Å²) in [6.07, 6.45) is 3.07. The van der Waals surface area contributed by atoms with Crippen molar-refractivity contribution in [2.45, 2.75) is 36.9 Å². The third-order valence-corrected chi connectivity index (χ3v) is 5.46. The van der Waals surface area contributed by atoms with Crippen molar-refractivity contribution in [1.29, 1.82) is 0 Å². The second-order valence-corrected chi connectivity index (χ2v) is 8.43. The molecule has 1 unspecified atom stereocenters. The molecule has 8 heteroatoms. The van der Waals surface area contributed by atoms with E-state index in [4.69, 9.17) is 4.74 Å². The maximum Gasteiger partial charge on any atom is 0.246 e. The quantitative estimate of drug-likeness (QED) is 0.381. The third kappa shape index (κ3) is 7.47. The highest BCUT2D eigenvalue weighted by Gasteiger charge is 2.14. The predicted molar refractivity (Wildman–Crippen MR) is 130 cm³/mol. The molecule has 3 aromatic rings. The summed E-state index contributed by atoms with van der Waals surface area (Å²) in [7, 11) is 1.60. The van der Waals surface area contributed by atoms with Gasteiger partial charge in [-0.2, -0.15) is 0 Å². The van der Waals surface area contributed by atoms with E-state index in [9.17, 15) is 9.59 Å². The minimum Gasteiger partial charge on any atom is -0.497 e. The molecule has 0 radical (unpaired) electrons. The number of amides is 2. The fourth-order valence-electron chi connectivity index (χ4n) is 2.92. The Morgan fingerprint density at radius 2 is 1.64 bits per heavy atom. The molecule has 1 atom stereocenters. The van der Waals surface area contributed by atoms with Gasteiger partial charge in [-0.1, -0.05) is 12.1 Å². The number of benzene rings is 2. The van der Waals surface area contributed by atoms with Crippen LogP contribution in [0.25, 0.3) is 6.08 Å². The Morgan fingerprint density at radius 3 is 2.24 bits per heavy atom. The zero-order chi connectivity index (χ0) is 23.8. The van der Waals surface area contributed by atoms with Crippen molar-refractivity contribution in [3.05, 3.63) is 77.6 Å². The van der Waals surface area contributed by atoms with Crippen molar-refractivity contribution >= 4 is 35.3 Å². The maximum absolute atomic E-state index is 12.5. The summed E-state index contributed by atoms with van der Waals surface area (Å²) in [4.78, 5) is 34.4. The molecule has 0 spiro atoms. The summed E-state index contributed by atoms with van der Waals surface area (Å²) >= 11 is 1.46. The van der Waals surface area contributed by atoms with Gasteiger partial charge in [0.25, 0.3) is 0 Å². The van der Waals surface area contributed by atoms with Crippen LogP contribution < -0.4 is 15.4 Å². The Balaban J connectivity index is 1.51. The van der Waals surface area contributed by atoms with Crippen LogP contribution in [0.5, 0.6) is 5.75 Å². The molecule has 0 saturated carbocycles. The molecule has 170 valence electrons. The Labute approximate surface area is 197 Å². The maximum atomic E-state index is 12.5. The Bertz CT molecular complexity index is 1130. The van der Waals surface area contributed by atoms with Crippen LogP contribution in [0.15, 0.2) is 70.7 Å². The Kier molecular flexibility index (Phi) is 8.21. The third-order valence-electron chi connectivity index (χ3n) is 4.59. The van der Waals surface area contributed by atoms with Crippen molar-refractivity contribution in [2.75, 3.05) is 12.4 Å². The van der Waals surface area contributed by atoms with Crippen LogP contribution in [-0.4, -0.2) is 34.9 Å². The van der Waals surface area contributed by atoms with E-state index >= 15 is 0 Å². The average Bonchev–Trinajstić information content (AvgIpc) is 2.78. The van der Waals surface area contributed by atoms with Gasteiger partial charge in [0.1, 0.15) is 11.8 Å². The number of nitrogens with zero attached hydrogens (tertiary/aromatic N) is 2. The van der Waals surface area contributed by atoms with Gasteiger partial charge in [-0.25, -0.2) is 9.97 Å². The monoisotopic (exact) mass is 462 g/mol. The van der Waals surface area contributed by atoms with Gasteiger partial charge in [0.15, 0.2) is 5.16 Å². The van der Waals surface area contributed by atoms with Crippen LogP contribution in [0.4, 0.5) is 5.69 Å². The van der Waals surface area contributed by atoms with Gasteiger partial charge in [-0.15, -0.1) is 0 Å². The van der Waals surface area contributed by atoms with E-state index in [-0.39, 0.29) is 11.8 Å². The largest absolute Gasteiger partial charge is 0.497 e. The van der Waals surface area contributed by atoms with Gasteiger partial charge in [0.2, 0.25) is 11.8 Å². The number of carbonyl (C=O) groups is 2. The molecule has 3 rings (SSSR count). The number of aromatic nitrogens is 2. The average molecular weight is 463 g/mol. The van der Waals surface area contributed by atoms with Crippen molar-refractivity contribution in [1.82, 2.24) is 15.3 Å². The number of rotatable bonds is 8. The summed E-state index contributed by atoms with van der Waals surface area (Å²) in [5, 5.41) is 6.16. The summed E-state index contributed by atoms with van der Waals surface area (Å²) in [6.45, 7) is 5.51. The zero-order valence-corrected chi connectivity index (χ0v) is 19.8. The van der Waals surface area contributed by atoms with Gasteiger partial charge >= 0.3 is 0 Å². The fourth-order valence-corrected chi connectivity index (χ4v) is 3.78. The summed E-state index contributed by atoms with van der Waals surface area (Å²) in [5.41, 5.74) is 3.33. The molecule has 0 aliphatic heterocycles. The van der Waals surface area contributed by atoms with Crippen molar-refractivity contribution < 1.29 is 14.3 Å². The van der Waals surface area contributed by atoms with E-state index in [1.807, 2.05) is 56.3 Å². The highest BCUT2D eigenvalue weighted by molar-refractivity contribution is 7.99. The van der Waals surface area contributed by atoms with Crippen LogP contribution in [0.2, 0.25) is 0 Å². The molecule has 2 N–H and O–H groups in total. The highest BCUT2D eigenvalue weighted by Crippen LogP contribution is 2.26. The predicted octanol–water partition coefficient (Wildman–Crippen LogP) is 4.41. The Morgan fingerprint density at radius 1 is 1.00 bits per heavy atom. The van der Waals surface area contributed by atoms with E-state index in [1.165, 1.54) is 17.8 Å². The fraction of sp³-hybridized carbons (Fsp3) is 0.200. The van der Waals surface area contributed by atoms with E-state index in [0.717, 1.165) is 27.6 Å². The van der Waals surface area contributed by atoms with Gasteiger partial charge in [0.05, 0.1) is 7.11 Å². The minimum absolute atomic E-state index is 0.306. The lowest BCUT2D eigenvalue weighted by Gasteiger charge is -2.13. The lowest BCUT2D eigenvalue weighted by molar-refractivity contribution is -0.123. The SMILES string of the molecule is COc1ccc(/C=C/C(=O)NC(C)C(=O)Nc2ccc(Sc3nc(C)cc(C)n3)cc2)cc1. The Hall–Kier alpha value is -3.65. The summed E-state index contributed by atoms with van der Waals surface area (Å²) in [5.74, 6) is 0.0834. The van der Waals surface area contributed by atoms with E-state index < -0.39 is 6.04 Å². The zero-order valence-electron chi connectivity index (χ0n) is 19.0. The number of hydrogen-bond acceptors (Lipinski definition) is 6. The first-order valence-corrected chi connectivity index (χ1v) is 11.2. The normalized spacial score (nSPS) is 11.8. The highest BCUT2D eigenvalue weighted by atomic mass is 32.2. The molecule has 2 amide bonds. The van der Waals surface area contributed by atoms with Crippen LogP contribution in [0.1, 0.15) is 23.9 Å². The number of anilines is 1. The molecule has 0 bridgehead atoms. The summed E-state index contributed by atoms with van der Waals surface area (Å²) < 4.78 is 5.11. The van der Waals surface area contributed by atoms with Gasteiger partial charge in [-0.3, -0.25) is 9.59 Å². The van der Waals surface area contributed by atoms with Gasteiger partial charge in [-0.05, 0) is 86.6 Å². The van der Waals surface area contributed by atoms with E-state index in [0.29, 0.717) is 10.8 Å². The smallest absolute Gasteiger partial charge is 0.246 e. The molecule has 33 heavy (non-hydrogen) atoms. The van der Waals surface area contributed by atoms with Gasteiger partial charge in [0, 0.05) is 28.0 Å². The molecule has 1 aromatic heterocycles. The van der Waals surface area contributed by atoms with Gasteiger partial charge < -0.3 is 15.4 Å². The summed E-state index contributed by atoms with van der Waals surface area (Å²) in [6, 6.07) is 15.9. The molecular formula is C25H26N4O3S.